The minimum absolute atomic E-state index is 0.00176. The van der Waals surface area contributed by atoms with Gasteiger partial charge < -0.3 is 40.1 Å². The normalized spacial score (nSPS) is 17.4. The third-order valence-electron chi connectivity index (χ3n) is 11.6. The van der Waals surface area contributed by atoms with Gasteiger partial charge in [-0.2, -0.15) is 0 Å². The summed E-state index contributed by atoms with van der Waals surface area (Å²) in [5.41, 5.74) is 8.45. The average Bonchev–Trinajstić information content (AvgIpc) is 4.13. The van der Waals surface area contributed by atoms with Crippen molar-refractivity contribution in [3.63, 3.8) is 0 Å². The maximum atomic E-state index is 11.9. The number of nitrogens with one attached hydrogen (secondary N) is 4. The van der Waals surface area contributed by atoms with E-state index in [2.05, 4.69) is 100 Å². The molecule has 4 aromatic rings. The zero-order valence-corrected chi connectivity index (χ0v) is 39.1. The van der Waals surface area contributed by atoms with Gasteiger partial charge in [0, 0.05) is 18.0 Å². The number of likely N-dealkylation sites (tertiary alicyclic amines) is 2. The minimum atomic E-state index is -0.250. The molecule has 3 aromatic heterocycles. The van der Waals surface area contributed by atoms with Crippen molar-refractivity contribution in [2.45, 2.75) is 116 Å². The standard InChI is InChI=1S/C28H31N5S.C10H20N2O.C3H7NO.C3H8.C2H4O2.CH2O2/c1-33-14-4-5-23(33)27-30-16-22(32-27)26-20-10-13-28(11-2-3-12-28)24(20)25(34-26)19-8-6-18(7-9-19)21-15-29-17-31-21;1-8(2)9(11-3)10(13)12-6-4-5-7-12;1-4-2-3-5;1-3-2;1-4-2-3;2-1-3/h6-9,15-17,23H,2-5,10-14H2,1H3,(H,29,31)(H,30,32);8-9,11H,4-7H2,1-3H3;3-4H,2H2,1H3;3H2,1-2H3;2H,1H3;1H,(H,2,3). The predicted molar refractivity (Wildman–Crippen MR) is 249 cm³/mol. The van der Waals surface area contributed by atoms with Gasteiger partial charge in [0.1, 0.15) is 12.1 Å². The molecule has 2 atom stereocenters. The first-order valence-electron chi connectivity index (χ1n) is 22.1. The highest BCUT2D eigenvalue weighted by atomic mass is 32.1. The fourth-order valence-electron chi connectivity index (χ4n) is 8.78. The van der Waals surface area contributed by atoms with Crippen molar-refractivity contribution in [2.24, 2.45) is 5.92 Å². The minimum Gasteiger partial charge on any atom is -0.483 e. The number of rotatable bonds is 10. The Morgan fingerprint density at radius 1 is 0.968 bits per heavy atom. The number of nitrogens with zero attached hydrogens (tertiary/aromatic N) is 4. The van der Waals surface area contributed by atoms with Crippen molar-refractivity contribution in [3.8, 4) is 32.3 Å². The van der Waals surface area contributed by atoms with Crippen LogP contribution >= 0.6 is 11.3 Å². The number of ether oxygens (including phenoxy) is 1. The molecule has 8 rings (SSSR count). The van der Waals surface area contributed by atoms with Gasteiger partial charge in [-0.3, -0.25) is 19.3 Å². The Morgan fingerprint density at radius 3 is 2.08 bits per heavy atom. The van der Waals surface area contributed by atoms with Gasteiger partial charge in [0.15, 0.2) is 0 Å². The molecule has 0 bridgehead atoms. The van der Waals surface area contributed by atoms with Crippen LogP contribution in [0.1, 0.15) is 115 Å². The molecule has 1 saturated carbocycles. The number of likely N-dealkylation sites (N-methyl/N-ethyl adjacent to an activating group) is 2. The third-order valence-corrected chi connectivity index (χ3v) is 12.9. The van der Waals surface area contributed by atoms with Crippen LogP contribution in [0.15, 0.2) is 43.0 Å². The van der Waals surface area contributed by atoms with E-state index in [1.54, 1.807) is 24.5 Å². The molecule has 2 saturated heterocycles. The number of imidazole rings is 2. The monoisotopic (exact) mass is 877 g/mol. The number of thiophene rings is 1. The summed E-state index contributed by atoms with van der Waals surface area (Å²) in [6.07, 6.45) is 20.5. The summed E-state index contributed by atoms with van der Waals surface area (Å²) in [5.74, 6) is 1.78. The predicted octanol–water partition coefficient (Wildman–Crippen LogP) is 7.88. The van der Waals surface area contributed by atoms with Crippen LogP contribution in [0.5, 0.6) is 0 Å². The molecule has 2 aliphatic heterocycles. The van der Waals surface area contributed by atoms with Gasteiger partial charge in [0.25, 0.3) is 12.9 Å². The Labute approximate surface area is 373 Å². The average molecular weight is 877 g/mol. The Morgan fingerprint density at radius 2 is 1.60 bits per heavy atom. The first-order valence-corrected chi connectivity index (χ1v) is 23.0. The molecule has 4 aliphatic rings. The number of amides is 1. The molecule has 2 aliphatic carbocycles. The van der Waals surface area contributed by atoms with Gasteiger partial charge in [0.05, 0.1) is 60.7 Å². The van der Waals surface area contributed by atoms with Crippen molar-refractivity contribution >= 4 is 36.5 Å². The number of aromatic nitrogens is 4. The number of hydrogen-bond acceptors (Lipinski definition) is 11. The van der Waals surface area contributed by atoms with Crippen molar-refractivity contribution in [2.75, 3.05) is 54.4 Å². The lowest BCUT2D eigenvalue weighted by Crippen LogP contribution is -2.47. The number of carboxylic acid groups (broad SMARTS) is 1. The summed E-state index contributed by atoms with van der Waals surface area (Å²) in [5, 5.41) is 12.6. The van der Waals surface area contributed by atoms with E-state index in [9.17, 15) is 9.59 Å². The summed E-state index contributed by atoms with van der Waals surface area (Å²) < 4.78 is 3.86. The number of hydrogen-bond donors (Lipinski definition) is 5. The SMILES string of the molecule is CCC.CN1CCCC1c1ncc(-c2sc(-c3ccc(-c4cnc[nH]4)cc3)c3c2CCC32CCCC2)[nH]1.CNC(C(=O)N1CCCC1)C(C)C.CNCC=O.COC=O.O=CO. The molecule has 0 radical (unpaired) electrons. The number of carbonyl (C=O) groups is 4. The molecular weight excluding hydrogens is 805 g/mol. The van der Waals surface area contributed by atoms with Crippen molar-refractivity contribution in [1.29, 1.82) is 0 Å². The number of H-pyrrole nitrogens is 2. The summed E-state index contributed by atoms with van der Waals surface area (Å²) in [6, 6.07) is 9.50. The van der Waals surface area contributed by atoms with Crippen LogP contribution in [-0.2, 0) is 35.8 Å². The molecule has 1 spiro atoms. The first kappa shape index (κ1) is 51.6. The van der Waals surface area contributed by atoms with E-state index < -0.39 is 0 Å². The Kier molecular flexibility index (Phi) is 22.8. The Bertz CT molecular complexity index is 1880. The van der Waals surface area contributed by atoms with Gasteiger partial charge in [-0.1, -0.05) is 71.2 Å². The summed E-state index contributed by atoms with van der Waals surface area (Å²) in [7, 11) is 7.12. The molecular formula is C47H72N8O6S. The molecule has 14 nitrogen and oxygen atoms in total. The highest BCUT2D eigenvalue weighted by Gasteiger charge is 2.45. The fraction of sp³-hybridized carbons (Fsp3) is 0.574. The van der Waals surface area contributed by atoms with E-state index >= 15 is 0 Å². The first-order chi connectivity index (χ1) is 30.0. The molecule has 15 heteroatoms. The second-order valence-electron chi connectivity index (χ2n) is 16.4. The van der Waals surface area contributed by atoms with Gasteiger partial charge in [-0.15, -0.1) is 11.3 Å². The van der Waals surface area contributed by atoms with Gasteiger partial charge in [-0.05, 0) is 113 Å². The van der Waals surface area contributed by atoms with E-state index in [4.69, 9.17) is 19.7 Å². The number of methoxy groups -OCH3 is 1. The quantitative estimate of drug-likeness (QED) is 0.0977. The lowest BCUT2D eigenvalue weighted by Gasteiger charge is -2.25. The number of fused-ring (bicyclic) bond motifs is 2. The highest BCUT2D eigenvalue weighted by Crippen LogP contribution is 2.58. The Hall–Kier alpha value is -4.70. The molecule has 62 heavy (non-hydrogen) atoms. The van der Waals surface area contributed by atoms with E-state index in [-0.39, 0.29) is 18.4 Å². The van der Waals surface area contributed by atoms with Crippen LogP contribution in [0.3, 0.4) is 0 Å². The van der Waals surface area contributed by atoms with Crippen LogP contribution in [0, 0.1) is 5.92 Å². The van der Waals surface area contributed by atoms with Gasteiger partial charge in [0.2, 0.25) is 5.91 Å². The van der Waals surface area contributed by atoms with Gasteiger partial charge >= 0.3 is 0 Å². The number of carbonyl (C=O) groups excluding carboxylic acids is 3. The zero-order valence-electron chi connectivity index (χ0n) is 38.3. The number of benzene rings is 1. The number of aldehydes is 1. The van der Waals surface area contributed by atoms with Gasteiger partial charge in [-0.25, -0.2) is 9.97 Å². The smallest absolute Gasteiger partial charge is 0.292 e. The summed E-state index contributed by atoms with van der Waals surface area (Å²) in [4.78, 5) is 61.9. The van der Waals surface area contributed by atoms with Crippen LogP contribution in [0.25, 0.3) is 32.3 Å². The van der Waals surface area contributed by atoms with Crippen molar-refractivity contribution in [1.82, 2.24) is 40.4 Å². The van der Waals surface area contributed by atoms with Crippen molar-refractivity contribution in [3.05, 3.63) is 59.9 Å². The molecule has 1 aromatic carbocycles. The highest BCUT2D eigenvalue weighted by molar-refractivity contribution is 7.19. The van der Waals surface area contributed by atoms with Crippen LogP contribution in [0.4, 0.5) is 0 Å². The van der Waals surface area contributed by atoms with E-state index in [0.29, 0.717) is 30.4 Å². The van der Waals surface area contributed by atoms with Crippen LogP contribution in [-0.4, -0.2) is 120 Å². The molecule has 5 N–H and O–H groups in total. The second kappa shape index (κ2) is 27.4. The van der Waals surface area contributed by atoms with Crippen LogP contribution < -0.4 is 10.6 Å². The van der Waals surface area contributed by atoms with Crippen LogP contribution in [0.2, 0.25) is 0 Å². The molecule has 5 heterocycles. The van der Waals surface area contributed by atoms with E-state index in [1.807, 2.05) is 29.5 Å². The zero-order chi connectivity index (χ0) is 45.5. The van der Waals surface area contributed by atoms with Crippen molar-refractivity contribution < 1.29 is 29.0 Å². The summed E-state index contributed by atoms with van der Waals surface area (Å²) in [6.45, 7) is 12.0. The lowest BCUT2D eigenvalue weighted by molar-refractivity contribution is -0.133. The molecule has 2 unspecified atom stereocenters. The lowest BCUT2D eigenvalue weighted by atomic mass is 9.79. The fourth-order valence-corrected chi connectivity index (χ4v) is 10.2. The molecule has 3 fully saturated rings. The Balaban J connectivity index is 0.000000301. The number of aromatic amines is 2. The van der Waals surface area contributed by atoms with E-state index in [0.717, 1.165) is 37.4 Å². The largest absolute Gasteiger partial charge is 0.483 e. The third kappa shape index (κ3) is 13.9. The maximum Gasteiger partial charge on any atom is 0.292 e. The maximum absolute atomic E-state index is 11.9. The second-order valence-corrected chi connectivity index (χ2v) is 17.4. The molecule has 342 valence electrons. The topological polar surface area (TPSA) is 186 Å². The summed E-state index contributed by atoms with van der Waals surface area (Å²) >= 11 is 1.98. The van der Waals surface area contributed by atoms with E-state index in [1.165, 1.54) is 104 Å². The molecule has 1 amide bonds.